The molecular formula is C12H24N2O2S. The molecule has 0 radical (unpaired) electrons. The van der Waals surface area contributed by atoms with E-state index in [1.165, 1.54) is 31.9 Å². The summed E-state index contributed by atoms with van der Waals surface area (Å²) in [5.41, 5.74) is 0. The van der Waals surface area contributed by atoms with Crippen LogP contribution in [-0.2, 0) is 10.0 Å². The van der Waals surface area contributed by atoms with Crippen LogP contribution in [0.4, 0.5) is 0 Å². The number of rotatable bonds is 3. The largest absolute Gasteiger partial charge is 0.317 e. The van der Waals surface area contributed by atoms with Gasteiger partial charge in [0.1, 0.15) is 0 Å². The van der Waals surface area contributed by atoms with Crippen LogP contribution in [-0.4, -0.2) is 45.2 Å². The summed E-state index contributed by atoms with van der Waals surface area (Å²) in [6, 6.07) is 0. The highest BCUT2D eigenvalue weighted by Gasteiger charge is 2.27. The normalized spacial score (nSPS) is 29.4. The van der Waals surface area contributed by atoms with Crippen molar-refractivity contribution >= 4 is 10.0 Å². The maximum atomic E-state index is 11.5. The Hall–Kier alpha value is -0.130. The Kier molecular flexibility index (Phi) is 4.44. The Bertz CT molecular complexity index is 336. The molecule has 2 aliphatic rings. The fourth-order valence-electron chi connectivity index (χ4n) is 3.11. The zero-order valence-corrected chi connectivity index (χ0v) is 11.5. The van der Waals surface area contributed by atoms with Crippen LogP contribution in [0, 0.1) is 11.8 Å². The fraction of sp³-hybridized carbons (Fsp3) is 1.00. The van der Waals surface area contributed by atoms with Gasteiger partial charge in [-0.1, -0.05) is 0 Å². The minimum absolute atomic E-state index is 0.585. The van der Waals surface area contributed by atoms with Crippen LogP contribution in [0.3, 0.4) is 0 Å². The highest BCUT2D eigenvalue weighted by atomic mass is 32.2. The summed E-state index contributed by atoms with van der Waals surface area (Å²) in [4.78, 5) is 0. The standard InChI is InChI=1S/C12H24N2O2S/c1-17(15,16)14-8-2-3-12(10-14)9-11-4-6-13-7-5-11/h11-13H,2-10H2,1H3. The average molecular weight is 260 g/mol. The SMILES string of the molecule is CS(=O)(=O)N1CCCC(CC2CCNCC2)C1. The van der Waals surface area contributed by atoms with Crippen molar-refractivity contribution in [2.24, 2.45) is 11.8 Å². The van der Waals surface area contributed by atoms with Crippen molar-refractivity contribution in [3.05, 3.63) is 0 Å². The summed E-state index contributed by atoms with van der Waals surface area (Å²) in [6.45, 7) is 3.74. The molecule has 2 fully saturated rings. The second-order valence-corrected chi connectivity index (χ2v) is 7.54. The van der Waals surface area contributed by atoms with E-state index in [0.717, 1.165) is 38.5 Å². The highest BCUT2D eigenvalue weighted by molar-refractivity contribution is 7.88. The van der Waals surface area contributed by atoms with Gasteiger partial charge in [-0.05, 0) is 57.0 Å². The molecule has 0 aromatic rings. The van der Waals surface area contributed by atoms with Crippen molar-refractivity contribution < 1.29 is 8.42 Å². The second-order valence-electron chi connectivity index (χ2n) is 5.56. The summed E-state index contributed by atoms with van der Waals surface area (Å²) in [6.07, 6.45) is 7.30. The van der Waals surface area contributed by atoms with Crippen LogP contribution in [0.25, 0.3) is 0 Å². The quantitative estimate of drug-likeness (QED) is 0.825. The number of hydrogen-bond donors (Lipinski definition) is 1. The highest BCUT2D eigenvalue weighted by Crippen LogP contribution is 2.28. The predicted molar refractivity (Wildman–Crippen MR) is 69.4 cm³/mol. The van der Waals surface area contributed by atoms with E-state index >= 15 is 0 Å². The van der Waals surface area contributed by atoms with Gasteiger partial charge in [-0.3, -0.25) is 0 Å². The molecule has 1 N–H and O–H groups in total. The van der Waals surface area contributed by atoms with Gasteiger partial charge in [0.25, 0.3) is 0 Å². The van der Waals surface area contributed by atoms with Crippen LogP contribution in [0.1, 0.15) is 32.1 Å². The molecule has 17 heavy (non-hydrogen) atoms. The van der Waals surface area contributed by atoms with Crippen LogP contribution in [0.15, 0.2) is 0 Å². The molecule has 100 valence electrons. The number of hydrogen-bond acceptors (Lipinski definition) is 3. The summed E-state index contributed by atoms with van der Waals surface area (Å²) in [7, 11) is -2.98. The molecule has 0 spiro atoms. The van der Waals surface area contributed by atoms with E-state index in [-0.39, 0.29) is 0 Å². The number of sulfonamides is 1. The molecule has 0 saturated carbocycles. The van der Waals surface area contributed by atoms with Gasteiger partial charge in [-0.2, -0.15) is 0 Å². The first kappa shape index (κ1) is 13.3. The van der Waals surface area contributed by atoms with E-state index in [0.29, 0.717) is 5.92 Å². The molecule has 0 aromatic carbocycles. The minimum atomic E-state index is -2.98. The van der Waals surface area contributed by atoms with Gasteiger partial charge in [0, 0.05) is 13.1 Å². The van der Waals surface area contributed by atoms with E-state index in [4.69, 9.17) is 0 Å². The van der Waals surface area contributed by atoms with Crippen LogP contribution >= 0.6 is 0 Å². The summed E-state index contributed by atoms with van der Waals surface area (Å²) < 4.78 is 24.7. The molecule has 0 amide bonds. The van der Waals surface area contributed by atoms with E-state index in [2.05, 4.69) is 5.32 Å². The zero-order chi connectivity index (χ0) is 12.3. The van der Waals surface area contributed by atoms with Gasteiger partial charge in [0.05, 0.1) is 6.26 Å². The molecule has 0 aliphatic carbocycles. The molecule has 2 heterocycles. The molecule has 1 atom stereocenters. The first-order valence-electron chi connectivity index (χ1n) is 6.71. The van der Waals surface area contributed by atoms with Gasteiger partial charge in [-0.25, -0.2) is 12.7 Å². The lowest BCUT2D eigenvalue weighted by Gasteiger charge is -2.34. The predicted octanol–water partition coefficient (Wildman–Crippen LogP) is 1.05. The molecule has 1 unspecified atom stereocenters. The van der Waals surface area contributed by atoms with Crippen molar-refractivity contribution in [2.45, 2.75) is 32.1 Å². The Morgan fingerprint density at radius 3 is 2.53 bits per heavy atom. The molecule has 0 aromatic heterocycles. The maximum absolute atomic E-state index is 11.5. The third-order valence-electron chi connectivity index (χ3n) is 4.08. The van der Waals surface area contributed by atoms with E-state index in [1.807, 2.05) is 0 Å². The molecule has 2 saturated heterocycles. The third-order valence-corrected chi connectivity index (χ3v) is 5.35. The Morgan fingerprint density at radius 1 is 1.18 bits per heavy atom. The van der Waals surface area contributed by atoms with Crippen LogP contribution in [0.2, 0.25) is 0 Å². The van der Waals surface area contributed by atoms with Gasteiger partial charge in [0.15, 0.2) is 0 Å². The lowest BCUT2D eigenvalue weighted by atomic mass is 9.84. The zero-order valence-electron chi connectivity index (χ0n) is 10.7. The first-order chi connectivity index (χ1) is 8.05. The van der Waals surface area contributed by atoms with E-state index in [9.17, 15) is 8.42 Å². The number of nitrogens with one attached hydrogen (secondary N) is 1. The molecule has 0 bridgehead atoms. The van der Waals surface area contributed by atoms with Crippen LogP contribution in [0.5, 0.6) is 0 Å². The third kappa shape index (κ3) is 3.93. The molecule has 2 rings (SSSR count). The van der Waals surface area contributed by atoms with E-state index in [1.54, 1.807) is 4.31 Å². The van der Waals surface area contributed by atoms with Gasteiger partial charge in [-0.15, -0.1) is 0 Å². The lowest BCUT2D eigenvalue weighted by Crippen LogP contribution is -2.40. The second kappa shape index (κ2) is 5.67. The topological polar surface area (TPSA) is 49.4 Å². The van der Waals surface area contributed by atoms with Gasteiger partial charge < -0.3 is 5.32 Å². The number of piperidine rings is 2. The molecular weight excluding hydrogens is 236 g/mol. The Labute approximate surface area is 105 Å². The summed E-state index contributed by atoms with van der Waals surface area (Å²) in [5, 5.41) is 3.38. The molecule has 4 nitrogen and oxygen atoms in total. The Balaban J connectivity index is 1.84. The summed E-state index contributed by atoms with van der Waals surface area (Å²) >= 11 is 0. The lowest BCUT2D eigenvalue weighted by molar-refractivity contribution is 0.212. The fourth-order valence-corrected chi connectivity index (χ4v) is 4.05. The Morgan fingerprint density at radius 2 is 1.88 bits per heavy atom. The first-order valence-corrected chi connectivity index (χ1v) is 8.56. The van der Waals surface area contributed by atoms with Crippen molar-refractivity contribution in [1.29, 1.82) is 0 Å². The van der Waals surface area contributed by atoms with Crippen molar-refractivity contribution in [2.75, 3.05) is 32.4 Å². The summed E-state index contributed by atoms with van der Waals surface area (Å²) in [5.74, 6) is 1.39. The van der Waals surface area contributed by atoms with Gasteiger partial charge >= 0.3 is 0 Å². The van der Waals surface area contributed by atoms with Crippen molar-refractivity contribution in [3.63, 3.8) is 0 Å². The monoisotopic (exact) mass is 260 g/mol. The molecule has 2 aliphatic heterocycles. The maximum Gasteiger partial charge on any atom is 0.211 e. The molecule has 5 heteroatoms. The van der Waals surface area contributed by atoms with Crippen LogP contribution < -0.4 is 5.32 Å². The average Bonchev–Trinajstić information content (AvgIpc) is 2.29. The smallest absolute Gasteiger partial charge is 0.211 e. The number of nitrogens with zero attached hydrogens (tertiary/aromatic N) is 1. The minimum Gasteiger partial charge on any atom is -0.317 e. The van der Waals surface area contributed by atoms with E-state index < -0.39 is 10.0 Å². The van der Waals surface area contributed by atoms with Gasteiger partial charge in [0.2, 0.25) is 10.0 Å². The van der Waals surface area contributed by atoms with Crippen molar-refractivity contribution in [3.8, 4) is 0 Å². The van der Waals surface area contributed by atoms with Crippen molar-refractivity contribution in [1.82, 2.24) is 9.62 Å².